The highest BCUT2D eigenvalue weighted by Crippen LogP contribution is 2.15. The minimum atomic E-state index is 0.402. The quantitative estimate of drug-likeness (QED) is 0.705. The van der Waals surface area contributed by atoms with E-state index in [0.717, 1.165) is 0 Å². The molecule has 2 heterocycles. The second kappa shape index (κ2) is 2.75. The Kier molecular flexibility index (Phi) is 1.60. The van der Waals surface area contributed by atoms with Crippen LogP contribution in [0.1, 0.15) is 11.4 Å². The number of hydrogen-bond acceptors (Lipinski definition) is 4. The van der Waals surface area contributed by atoms with E-state index in [0.29, 0.717) is 23.0 Å². The lowest BCUT2D eigenvalue weighted by molar-refractivity contribution is 0.424. The highest BCUT2D eigenvalue weighted by Gasteiger charge is 2.07. The molecule has 0 atom stereocenters. The fourth-order valence-corrected chi connectivity index (χ4v) is 0.989. The van der Waals surface area contributed by atoms with Crippen LogP contribution in [0.5, 0.6) is 0 Å². The highest BCUT2D eigenvalue weighted by atomic mass is 16.5. The van der Waals surface area contributed by atoms with Crippen molar-refractivity contribution in [2.45, 2.75) is 6.92 Å². The van der Waals surface area contributed by atoms with Crippen LogP contribution in [-0.2, 0) is 0 Å². The number of H-pyrrole nitrogens is 1. The second-order valence-electron chi connectivity index (χ2n) is 2.56. The fraction of sp³-hybridized carbons (Fsp3) is 0.125. The average molecular weight is 174 g/mol. The second-order valence-corrected chi connectivity index (χ2v) is 2.56. The van der Waals surface area contributed by atoms with Crippen molar-refractivity contribution >= 4 is 0 Å². The summed E-state index contributed by atoms with van der Waals surface area (Å²) in [5, 5.41) is 12.2. The van der Waals surface area contributed by atoms with E-state index < -0.39 is 0 Å². The van der Waals surface area contributed by atoms with E-state index in [1.54, 1.807) is 19.2 Å². The first-order valence-corrected chi connectivity index (χ1v) is 3.69. The number of aromatic nitrogens is 3. The van der Waals surface area contributed by atoms with E-state index in [1.165, 1.54) is 0 Å². The lowest BCUT2D eigenvalue weighted by atomic mass is 10.3. The van der Waals surface area contributed by atoms with Gasteiger partial charge in [-0.15, -0.1) is 0 Å². The van der Waals surface area contributed by atoms with Crippen molar-refractivity contribution < 1.29 is 4.52 Å². The van der Waals surface area contributed by atoms with Gasteiger partial charge in [0, 0.05) is 6.20 Å². The summed E-state index contributed by atoms with van der Waals surface area (Å²) in [4.78, 5) is 6.88. The van der Waals surface area contributed by atoms with Crippen LogP contribution in [0, 0.1) is 18.3 Å². The number of hydrogen-bond donors (Lipinski definition) is 1. The molecule has 5 heteroatoms. The highest BCUT2D eigenvalue weighted by molar-refractivity contribution is 5.51. The standard InChI is InChI=1S/C8H6N4O/c1-5-11-8(13-12-5)7-2-6(3-9)4-10-7/h2,4,10H,1H3. The normalized spacial score (nSPS) is 9.85. The number of aryl methyl sites for hydroxylation is 1. The lowest BCUT2D eigenvalue weighted by Gasteiger charge is -1.83. The SMILES string of the molecule is Cc1noc(-c2cc(C#N)c[nH]2)n1. The molecular weight excluding hydrogens is 168 g/mol. The summed E-state index contributed by atoms with van der Waals surface area (Å²) in [6, 6.07) is 3.66. The predicted octanol–water partition coefficient (Wildman–Crippen LogP) is 1.24. The summed E-state index contributed by atoms with van der Waals surface area (Å²) in [5.41, 5.74) is 1.21. The van der Waals surface area contributed by atoms with Crippen LogP contribution in [0.3, 0.4) is 0 Å². The lowest BCUT2D eigenvalue weighted by Crippen LogP contribution is -1.76. The molecule has 0 aliphatic heterocycles. The van der Waals surface area contributed by atoms with Gasteiger partial charge in [-0.2, -0.15) is 10.2 Å². The zero-order valence-electron chi connectivity index (χ0n) is 6.90. The number of aromatic amines is 1. The van der Waals surface area contributed by atoms with Gasteiger partial charge in [0.2, 0.25) is 0 Å². The first-order valence-electron chi connectivity index (χ1n) is 3.69. The summed E-state index contributed by atoms with van der Waals surface area (Å²) < 4.78 is 4.91. The molecule has 0 aromatic carbocycles. The van der Waals surface area contributed by atoms with Crippen molar-refractivity contribution in [3.63, 3.8) is 0 Å². The average Bonchev–Trinajstić information content (AvgIpc) is 2.71. The predicted molar refractivity (Wildman–Crippen MR) is 43.5 cm³/mol. The molecule has 0 spiro atoms. The maximum atomic E-state index is 8.57. The van der Waals surface area contributed by atoms with Gasteiger partial charge in [-0.3, -0.25) is 0 Å². The van der Waals surface area contributed by atoms with Crippen LogP contribution in [0.4, 0.5) is 0 Å². The summed E-state index contributed by atoms with van der Waals surface area (Å²) in [6.45, 7) is 1.74. The van der Waals surface area contributed by atoms with Crippen molar-refractivity contribution in [1.29, 1.82) is 5.26 Å². The van der Waals surface area contributed by atoms with Crippen LogP contribution in [0.15, 0.2) is 16.8 Å². The molecule has 64 valence electrons. The molecule has 2 aromatic rings. The summed E-state index contributed by atoms with van der Waals surface area (Å²) in [7, 11) is 0. The van der Waals surface area contributed by atoms with Crippen molar-refractivity contribution in [2.75, 3.05) is 0 Å². The van der Waals surface area contributed by atoms with E-state index in [-0.39, 0.29) is 0 Å². The molecule has 0 bridgehead atoms. The van der Waals surface area contributed by atoms with Gasteiger partial charge in [0.15, 0.2) is 5.82 Å². The van der Waals surface area contributed by atoms with E-state index in [2.05, 4.69) is 15.1 Å². The van der Waals surface area contributed by atoms with Crippen LogP contribution in [-0.4, -0.2) is 15.1 Å². The number of nitriles is 1. The van der Waals surface area contributed by atoms with Crippen LogP contribution in [0.2, 0.25) is 0 Å². The zero-order valence-corrected chi connectivity index (χ0v) is 6.90. The number of nitrogens with one attached hydrogen (secondary N) is 1. The zero-order chi connectivity index (χ0) is 9.26. The van der Waals surface area contributed by atoms with Crippen molar-refractivity contribution in [2.24, 2.45) is 0 Å². The van der Waals surface area contributed by atoms with Gasteiger partial charge in [-0.25, -0.2) is 0 Å². The Bertz CT molecular complexity index is 462. The number of nitrogens with zero attached hydrogens (tertiary/aromatic N) is 3. The molecule has 0 radical (unpaired) electrons. The largest absolute Gasteiger partial charge is 0.356 e. The van der Waals surface area contributed by atoms with Gasteiger partial charge in [-0.1, -0.05) is 5.16 Å². The molecule has 0 amide bonds. The third-order valence-corrected chi connectivity index (χ3v) is 1.57. The van der Waals surface area contributed by atoms with E-state index >= 15 is 0 Å². The first-order chi connectivity index (χ1) is 6.29. The van der Waals surface area contributed by atoms with Gasteiger partial charge >= 0.3 is 0 Å². The topological polar surface area (TPSA) is 78.5 Å². The Hall–Kier alpha value is -2.09. The summed E-state index contributed by atoms with van der Waals surface area (Å²) in [6.07, 6.45) is 1.59. The molecule has 2 rings (SSSR count). The van der Waals surface area contributed by atoms with Gasteiger partial charge < -0.3 is 9.51 Å². The Labute approximate surface area is 74.0 Å². The molecule has 0 saturated carbocycles. The Morgan fingerprint density at radius 1 is 1.62 bits per heavy atom. The van der Waals surface area contributed by atoms with Crippen LogP contribution < -0.4 is 0 Å². The number of rotatable bonds is 1. The molecule has 13 heavy (non-hydrogen) atoms. The maximum Gasteiger partial charge on any atom is 0.274 e. The molecule has 0 saturated heterocycles. The molecule has 0 unspecified atom stereocenters. The fourth-order valence-electron chi connectivity index (χ4n) is 0.989. The monoisotopic (exact) mass is 174 g/mol. The molecule has 5 nitrogen and oxygen atoms in total. The molecule has 2 aromatic heterocycles. The molecular formula is C8H6N4O. The summed E-state index contributed by atoms with van der Waals surface area (Å²) in [5.74, 6) is 0.974. The Morgan fingerprint density at radius 3 is 3.00 bits per heavy atom. The van der Waals surface area contributed by atoms with Crippen molar-refractivity contribution in [3.8, 4) is 17.7 Å². The van der Waals surface area contributed by atoms with Gasteiger partial charge in [0.05, 0.1) is 5.56 Å². The smallest absolute Gasteiger partial charge is 0.274 e. The van der Waals surface area contributed by atoms with Gasteiger partial charge in [0.25, 0.3) is 5.89 Å². The van der Waals surface area contributed by atoms with E-state index in [4.69, 9.17) is 9.78 Å². The van der Waals surface area contributed by atoms with E-state index in [1.807, 2.05) is 6.07 Å². The Morgan fingerprint density at radius 2 is 2.46 bits per heavy atom. The minimum Gasteiger partial charge on any atom is -0.356 e. The van der Waals surface area contributed by atoms with Crippen LogP contribution in [0.25, 0.3) is 11.6 Å². The maximum absolute atomic E-state index is 8.57. The molecule has 0 aliphatic rings. The van der Waals surface area contributed by atoms with Crippen LogP contribution >= 0.6 is 0 Å². The minimum absolute atomic E-state index is 0.402. The third kappa shape index (κ3) is 1.29. The molecule has 0 fully saturated rings. The van der Waals surface area contributed by atoms with E-state index in [9.17, 15) is 0 Å². The third-order valence-electron chi connectivity index (χ3n) is 1.57. The first kappa shape index (κ1) is 7.55. The van der Waals surface area contributed by atoms with Crippen molar-refractivity contribution in [1.82, 2.24) is 15.1 Å². The molecule has 1 N–H and O–H groups in total. The molecule has 0 aliphatic carbocycles. The van der Waals surface area contributed by atoms with Gasteiger partial charge in [-0.05, 0) is 13.0 Å². The van der Waals surface area contributed by atoms with Crippen molar-refractivity contribution in [3.05, 3.63) is 23.7 Å². The Balaban J connectivity index is 2.42. The summed E-state index contributed by atoms with van der Waals surface area (Å²) >= 11 is 0. The van der Waals surface area contributed by atoms with Gasteiger partial charge in [0.1, 0.15) is 11.8 Å².